The van der Waals surface area contributed by atoms with Crippen molar-refractivity contribution in [2.75, 3.05) is 20.7 Å². The Morgan fingerprint density at radius 3 is 2.75 bits per heavy atom. The molecule has 2 rings (SSSR count). The molecule has 1 atom stereocenters. The van der Waals surface area contributed by atoms with Gasteiger partial charge < -0.3 is 10.1 Å². The number of hydrogen-bond donors (Lipinski definition) is 1. The second kappa shape index (κ2) is 7.09. The summed E-state index contributed by atoms with van der Waals surface area (Å²) in [5.41, 5.74) is 2.64. The lowest BCUT2D eigenvalue weighted by molar-refractivity contribution is 0.307. The summed E-state index contributed by atoms with van der Waals surface area (Å²) in [6, 6.07) is 7.75. The molecule has 1 aliphatic carbocycles. The van der Waals surface area contributed by atoms with Crippen LogP contribution in [0.5, 0.6) is 5.75 Å². The standard InChI is InChI=1S/C17H28N2O/c1-5-10-18-13(2)14-6-9-17(20-4)15(11-14)12-19(3)16-7-8-16/h6,9,11,13,16,18H,5,7-8,10,12H2,1-4H3. The van der Waals surface area contributed by atoms with E-state index in [-0.39, 0.29) is 0 Å². The maximum absolute atomic E-state index is 5.52. The van der Waals surface area contributed by atoms with Gasteiger partial charge in [-0.2, -0.15) is 0 Å². The summed E-state index contributed by atoms with van der Waals surface area (Å²) in [5.74, 6) is 1.00. The zero-order valence-electron chi connectivity index (χ0n) is 13.3. The Morgan fingerprint density at radius 2 is 2.15 bits per heavy atom. The van der Waals surface area contributed by atoms with Crippen LogP contribution in [0.25, 0.3) is 0 Å². The fourth-order valence-electron chi connectivity index (χ4n) is 2.58. The van der Waals surface area contributed by atoms with Crippen LogP contribution < -0.4 is 10.1 Å². The van der Waals surface area contributed by atoms with Crippen LogP contribution in [0, 0.1) is 0 Å². The van der Waals surface area contributed by atoms with Gasteiger partial charge in [-0.25, -0.2) is 0 Å². The van der Waals surface area contributed by atoms with Crippen molar-refractivity contribution in [2.45, 2.75) is 51.7 Å². The largest absolute Gasteiger partial charge is 0.496 e. The van der Waals surface area contributed by atoms with Gasteiger partial charge in [0.2, 0.25) is 0 Å². The van der Waals surface area contributed by atoms with E-state index >= 15 is 0 Å². The average molecular weight is 276 g/mol. The Labute approximate surface area is 123 Å². The molecule has 0 spiro atoms. The summed E-state index contributed by atoms with van der Waals surface area (Å²) in [4.78, 5) is 2.44. The minimum absolute atomic E-state index is 0.394. The van der Waals surface area contributed by atoms with Crippen LogP contribution in [-0.4, -0.2) is 31.6 Å². The lowest BCUT2D eigenvalue weighted by atomic mass is 10.0. The Bertz CT molecular complexity index is 429. The fraction of sp³-hybridized carbons (Fsp3) is 0.647. The quantitative estimate of drug-likeness (QED) is 0.788. The Balaban J connectivity index is 2.10. The molecule has 0 saturated heterocycles. The minimum Gasteiger partial charge on any atom is -0.496 e. The van der Waals surface area contributed by atoms with Crippen molar-refractivity contribution in [3.8, 4) is 5.75 Å². The molecule has 1 aromatic carbocycles. The van der Waals surface area contributed by atoms with Gasteiger partial charge in [-0.1, -0.05) is 13.0 Å². The molecule has 112 valence electrons. The lowest BCUT2D eigenvalue weighted by Crippen LogP contribution is -2.22. The molecule has 20 heavy (non-hydrogen) atoms. The van der Waals surface area contributed by atoms with Gasteiger partial charge in [0.05, 0.1) is 7.11 Å². The van der Waals surface area contributed by atoms with Crippen molar-refractivity contribution in [2.24, 2.45) is 0 Å². The molecule has 1 saturated carbocycles. The summed E-state index contributed by atoms with van der Waals surface area (Å²) in [5, 5.41) is 3.55. The van der Waals surface area contributed by atoms with E-state index < -0.39 is 0 Å². The first-order valence-corrected chi connectivity index (χ1v) is 7.76. The molecule has 1 fully saturated rings. The number of benzene rings is 1. The highest BCUT2D eigenvalue weighted by Crippen LogP contribution is 2.30. The predicted octanol–water partition coefficient (Wildman–Crippen LogP) is 3.35. The highest BCUT2D eigenvalue weighted by atomic mass is 16.5. The van der Waals surface area contributed by atoms with Crippen molar-refractivity contribution in [3.05, 3.63) is 29.3 Å². The topological polar surface area (TPSA) is 24.5 Å². The molecule has 1 N–H and O–H groups in total. The van der Waals surface area contributed by atoms with Crippen LogP contribution in [0.4, 0.5) is 0 Å². The van der Waals surface area contributed by atoms with E-state index in [1.807, 2.05) is 0 Å². The molecular weight excluding hydrogens is 248 g/mol. The molecule has 0 radical (unpaired) electrons. The first-order valence-electron chi connectivity index (χ1n) is 7.76. The van der Waals surface area contributed by atoms with E-state index in [0.717, 1.165) is 31.3 Å². The van der Waals surface area contributed by atoms with E-state index in [4.69, 9.17) is 4.74 Å². The van der Waals surface area contributed by atoms with Crippen molar-refractivity contribution in [1.29, 1.82) is 0 Å². The Morgan fingerprint density at radius 1 is 1.40 bits per heavy atom. The Hall–Kier alpha value is -1.06. The number of nitrogens with zero attached hydrogens (tertiary/aromatic N) is 1. The number of methoxy groups -OCH3 is 1. The van der Waals surface area contributed by atoms with E-state index in [9.17, 15) is 0 Å². The zero-order valence-corrected chi connectivity index (χ0v) is 13.3. The maximum atomic E-state index is 5.52. The number of hydrogen-bond acceptors (Lipinski definition) is 3. The van der Waals surface area contributed by atoms with Gasteiger partial charge >= 0.3 is 0 Å². The second-order valence-electron chi connectivity index (χ2n) is 5.89. The van der Waals surface area contributed by atoms with Gasteiger partial charge in [-0.3, -0.25) is 4.90 Å². The normalized spacial score (nSPS) is 16.4. The van der Waals surface area contributed by atoms with Gasteiger partial charge in [0.25, 0.3) is 0 Å². The Kier molecular flexibility index (Phi) is 5.44. The van der Waals surface area contributed by atoms with Gasteiger partial charge in [0.1, 0.15) is 5.75 Å². The number of rotatable bonds is 8. The van der Waals surface area contributed by atoms with E-state index in [1.54, 1.807) is 7.11 Å². The maximum Gasteiger partial charge on any atom is 0.123 e. The fourth-order valence-corrected chi connectivity index (χ4v) is 2.58. The van der Waals surface area contributed by atoms with Crippen LogP contribution in [0.3, 0.4) is 0 Å². The molecule has 0 amide bonds. The van der Waals surface area contributed by atoms with Gasteiger partial charge in [-0.15, -0.1) is 0 Å². The van der Waals surface area contributed by atoms with Crippen LogP contribution in [0.15, 0.2) is 18.2 Å². The van der Waals surface area contributed by atoms with Crippen molar-refractivity contribution < 1.29 is 4.74 Å². The summed E-state index contributed by atoms with van der Waals surface area (Å²) < 4.78 is 5.52. The summed E-state index contributed by atoms with van der Waals surface area (Å²) in [6.45, 7) is 6.46. The monoisotopic (exact) mass is 276 g/mol. The van der Waals surface area contributed by atoms with Crippen LogP contribution in [0.1, 0.15) is 50.3 Å². The lowest BCUT2D eigenvalue weighted by Gasteiger charge is -2.20. The molecule has 0 heterocycles. The highest BCUT2D eigenvalue weighted by Gasteiger charge is 2.26. The molecule has 3 heteroatoms. The predicted molar refractivity (Wildman–Crippen MR) is 84.2 cm³/mol. The van der Waals surface area contributed by atoms with Crippen LogP contribution in [-0.2, 0) is 6.54 Å². The molecule has 1 aromatic rings. The van der Waals surface area contributed by atoms with E-state index in [0.29, 0.717) is 6.04 Å². The molecule has 1 aliphatic rings. The summed E-state index contributed by atoms with van der Waals surface area (Å²) >= 11 is 0. The first kappa shape index (κ1) is 15.3. The first-order chi connectivity index (χ1) is 9.65. The van der Waals surface area contributed by atoms with Crippen LogP contribution in [0.2, 0.25) is 0 Å². The highest BCUT2D eigenvalue weighted by molar-refractivity contribution is 5.38. The van der Waals surface area contributed by atoms with Gasteiger partial charge in [0.15, 0.2) is 0 Å². The van der Waals surface area contributed by atoms with Crippen molar-refractivity contribution >= 4 is 0 Å². The third kappa shape index (κ3) is 3.97. The number of ether oxygens (including phenoxy) is 1. The van der Waals surface area contributed by atoms with Gasteiger partial charge in [-0.05, 0) is 57.5 Å². The SMILES string of the molecule is CCCNC(C)c1ccc(OC)c(CN(C)C2CC2)c1. The molecule has 0 aromatic heterocycles. The van der Waals surface area contributed by atoms with E-state index in [1.165, 1.54) is 24.0 Å². The second-order valence-corrected chi connectivity index (χ2v) is 5.89. The third-order valence-electron chi connectivity index (χ3n) is 4.09. The molecule has 1 unspecified atom stereocenters. The number of nitrogens with one attached hydrogen (secondary N) is 1. The minimum atomic E-state index is 0.394. The smallest absolute Gasteiger partial charge is 0.123 e. The van der Waals surface area contributed by atoms with Crippen molar-refractivity contribution in [3.63, 3.8) is 0 Å². The molecular formula is C17H28N2O. The van der Waals surface area contributed by atoms with Gasteiger partial charge in [0, 0.05) is 24.2 Å². The molecule has 0 aliphatic heterocycles. The zero-order chi connectivity index (χ0) is 14.5. The summed E-state index contributed by atoms with van der Waals surface area (Å²) in [7, 11) is 3.97. The average Bonchev–Trinajstić information content (AvgIpc) is 3.29. The molecule has 3 nitrogen and oxygen atoms in total. The van der Waals surface area contributed by atoms with Crippen molar-refractivity contribution in [1.82, 2.24) is 10.2 Å². The summed E-state index contributed by atoms with van der Waals surface area (Å²) in [6.07, 6.45) is 3.84. The van der Waals surface area contributed by atoms with E-state index in [2.05, 4.69) is 49.3 Å². The van der Waals surface area contributed by atoms with Crippen LogP contribution >= 0.6 is 0 Å². The molecule has 0 bridgehead atoms. The third-order valence-corrected chi connectivity index (χ3v) is 4.09.